The smallest absolute Gasteiger partial charge is 0.176 e. The Kier molecular flexibility index (Phi) is 4.97. The van der Waals surface area contributed by atoms with Gasteiger partial charge in [0.1, 0.15) is 5.75 Å². The van der Waals surface area contributed by atoms with E-state index in [4.69, 9.17) is 4.74 Å². The summed E-state index contributed by atoms with van der Waals surface area (Å²) in [5.74, 6) is 1.81. The van der Waals surface area contributed by atoms with Crippen molar-refractivity contribution in [2.45, 2.75) is 26.2 Å². The Morgan fingerprint density at radius 1 is 1.32 bits per heavy atom. The van der Waals surface area contributed by atoms with Crippen LogP contribution < -0.4 is 4.74 Å². The Bertz CT molecular complexity index is 409. The van der Waals surface area contributed by atoms with Crippen molar-refractivity contribution in [3.05, 3.63) is 29.8 Å². The highest BCUT2D eigenvalue weighted by Gasteiger charge is 2.20. The Hall–Kier alpha value is -1.35. The molecule has 0 radical (unpaired) electrons. The molecule has 1 aromatic rings. The number of nitrogens with zero attached hydrogens (tertiary/aromatic N) is 1. The quantitative estimate of drug-likeness (QED) is 0.707. The molecule has 3 nitrogen and oxygen atoms in total. The van der Waals surface area contributed by atoms with E-state index in [-0.39, 0.29) is 5.78 Å². The molecule has 1 aliphatic rings. The van der Waals surface area contributed by atoms with Crippen molar-refractivity contribution in [2.24, 2.45) is 5.92 Å². The monoisotopic (exact) mass is 261 g/mol. The van der Waals surface area contributed by atoms with Crippen LogP contribution >= 0.6 is 0 Å². The number of ketones is 1. The van der Waals surface area contributed by atoms with Gasteiger partial charge in [0.2, 0.25) is 0 Å². The first-order chi connectivity index (χ1) is 9.19. The summed E-state index contributed by atoms with van der Waals surface area (Å²) in [5.41, 5.74) is 0.768. The van der Waals surface area contributed by atoms with E-state index in [1.54, 1.807) is 0 Å². The number of ether oxygens (including phenoxy) is 1. The van der Waals surface area contributed by atoms with Crippen LogP contribution in [0.4, 0.5) is 0 Å². The second-order valence-electron chi connectivity index (χ2n) is 5.37. The van der Waals surface area contributed by atoms with Crippen LogP contribution in [-0.4, -0.2) is 37.4 Å². The van der Waals surface area contributed by atoms with E-state index in [0.29, 0.717) is 13.2 Å². The van der Waals surface area contributed by atoms with Crippen LogP contribution in [-0.2, 0) is 0 Å². The Morgan fingerprint density at radius 2 is 2.00 bits per heavy atom. The van der Waals surface area contributed by atoms with Crippen molar-refractivity contribution in [1.29, 1.82) is 0 Å². The number of hydrogen-bond donors (Lipinski definition) is 0. The molecule has 3 heteroatoms. The van der Waals surface area contributed by atoms with Crippen molar-refractivity contribution in [2.75, 3.05) is 26.7 Å². The standard InChI is InChI=1S/C16H23NO2/c1-3-19-15-9-7-14(8-10-15)16(18)12-17(2)11-13-5-4-6-13/h7-10,13H,3-6,11-12H2,1-2H3. The number of carbonyl (C=O) groups is 1. The van der Waals surface area contributed by atoms with E-state index in [1.165, 1.54) is 19.3 Å². The third-order valence-corrected chi connectivity index (χ3v) is 3.70. The lowest BCUT2D eigenvalue weighted by molar-refractivity contribution is 0.0925. The molecule has 0 heterocycles. The summed E-state index contributed by atoms with van der Waals surface area (Å²) in [7, 11) is 2.03. The highest BCUT2D eigenvalue weighted by Crippen LogP contribution is 2.26. The summed E-state index contributed by atoms with van der Waals surface area (Å²) in [6.45, 7) is 4.15. The molecule has 0 amide bonds. The average molecular weight is 261 g/mol. The van der Waals surface area contributed by atoms with Gasteiger partial charge in [-0.3, -0.25) is 9.69 Å². The SMILES string of the molecule is CCOc1ccc(C(=O)CN(C)CC2CCC2)cc1. The second-order valence-corrected chi connectivity index (χ2v) is 5.37. The van der Waals surface area contributed by atoms with Crippen LogP contribution in [0.25, 0.3) is 0 Å². The first-order valence-electron chi connectivity index (χ1n) is 7.13. The average Bonchev–Trinajstić information content (AvgIpc) is 2.35. The van der Waals surface area contributed by atoms with Crippen molar-refractivity contribution in [1.82, 2.24) is 4.90 Å². The van der Waals surface area contributed by atoms with Gasteiger partial charge in [-0.1, -0.05) is 6.42 Å². The summed E-state index contributed by atoms with van der Waals surface area (Å²) in [4.78, 5) is 14.3. The molecule has 1 fully saturated rings. The fourth-order valence-electron chi connectivity index (χ4n) is 2.42. The lowest BCUT2D eigenvalue weighted by Gasteiger charge is -2.29. The fraction of sp³-hybridized carbons (Fsp3) is 0.562. The molecule has 104 valence electrons. The predicted molar refractivity (Wildman–Crippen MR) is 76.8 cm³/mol. The molecule has 0 atom stereocenters. The van der Waals surface area contributed by atoms with Gasteiger partial charge >= 0.3 is 0 Å². The summed E-state index contributed by atoms with van der Waals surface area (Å²) in [5, 5.41) is 0. The summed E-state index contributed by atoms with van der Waals surface area (Å²) >= 11 is 0. The fourth-order valence-corrected chi connectivity index (χ4v) is 2.42. The summed E-state index contributed by atoms with van der Waals surface area (Å²) in [6, 6.07) is 7.43. The van der Waals surface area contributed by atoms with Crippen LogP contribution in [0.15, 0.2) is 24.3 Å². The Labute approximate surface area is 115 Å². The zero-order chi connectivity index (χ0) is 13.7. The van der Waals surface area contributed by atoms with Crippen molar-refractivity contribution < 1.29 is 9.53 Å². The topological polar surface area (TPSA) is 29.5 Å². The van der Waals surface area contributed by atoms with Crippen LogP contribution in [0, 0.1) is 5.92 Å². The predicted octanol–water partition coefficient (Wildman–Crippen LogP) is 3.00. The molecular weight excluding hydrogens is 238 g/mol. The highest BCUT2D eigenvalue weighted by molar-refractivity contribution is 5.97. The molecule has 19 heavy (non-hydrogen) atoms. The number of likely N-dealkylation sites (N-methyl/N-ethyl adjacent to an activating group) is 1. The molecule has 0 spiro atoms. The largest absolute Gasteiger partial charge is 0.494 e. The van der Waals surface area contributed by atoms with Crippen molar-refractivity contribution in [3.63, 3.8) is 0 Å². The normalized spacial score (nSPS) is 15.3. The second kappa shape index (κ2) is 6.71. The van der Waals surface area contributed by atoms with Gasteiger partial charge in [-0.05, 0) is 57.0 Å². The van der Waals surface area contributed by atoms with Gasteiger partial charge in [0, 0.05) is 12.1 Å². The van der Waals surface area contributed by atoms with Gasteiger partial charge in [-0.25, -0.2) is 0 Å². The third kappa shape index (κ3) is 4.06. The van der Waals surface area contributed by atoms with Gasteiger partial charge in [0.05, 0.1) is 13.2 Å². The molecule has 0 saturated heterocycles. The van der Waals surface area contributed by atoms with E-state index in [0.717, 1.165) is 23.8 Å². The van der Waals surface area contributed by atoms with E-state index in [9.17, 15) is 4.79 Å². The Balaban J connectivity index is 1.84. The minimum atomic E-state index is 0.185. The van der Waals surface area contributed by atoms with Crippen LogP contribution in [0.2, 0.25) is 0 Å². The number of carbonyl (C=O) groups excluding carboxylic acids is 1. The number of Topliss-reactive ketones (excluding diaryl/α,β-unsaturated/α-hetero) is 1. The molecule has 0 N–H and O–H groups in total. The maximum atomic E-state index is 12.1. The van der Waals surface area contributed by atoms with Gasteiger partial charge in [-0.15, -0.1) is 0 Å². The molecule has 0 unspecified atom stereocenters. The molecule has 0 bridgehead atoms. The van der Waals surface area contributed by atoms with Crippen molar-refractivity contribution >= 4 is 5.78 Å². The molecule has 1 aromatic carbocycles. The van der Waals surface area contributed by atoms with Gasteiger partial charge in [0.15, 0.2) is 5.78 Å². The van der Waals surface area contributed by atoms with E-state index in [2.05, 4.69) is 4.90 Å². The molecule has 2 rings (SSSR count). The first kappa shape index (κ1) is 14.1. The van der Waals surface area contributed by atoms with E-state index in [1.807, 2.05) is 38.2 Å². The van der Waals surface area contributed by atoms with Crippen molar-refractivity contribution in [3.8, 4) is 5.75 Å². The van der Waals surface area contributed by atoms with Gasteiger partial charge in [-0.2, -0.15) is 0 Å². The Morgan fingerprint density at radius 3 is 2.53 bits per heavy atom. The van der Waals surface area contributed by atoms with E-state index >= 15 is 0 Å². The lowest BCUT2D eigenvalue weighted by Crippen LogP contribution is -2.33. The van der Waals surface area contributed by atoms with Gasteiger partial charge < -0.3 is 4.74 Å². The highest BCUT2D eigenvalue weighted by atomic mass is 16.5. The molecule has 0 aromatic heterocycles. The van der Waals surface area contributed by atoms with Gasteiger partial charge in [0.25, 0.3) is 0 Å². The third-order valence-electron chi connectivity index (χ3n) is 3.70. The van der Waals surface area contributed by atoms with Crippen LogP contribution in [0.5, 0.6) is 5.75 Å². The number of hydrogen-bond acceptors (Lipinski definition) is 3. The minimum absolute atomic E-state index is 0.185. The summed E-state index contributed by atoms with van der Waals surface area (Å²) in [6.07, 6.45) is 3.99. The van der Waals surface area contributed by atoms with E-state index < -0.39 is 0 Å². The minimum Gasteiger partial charge on any atom is -0.494 e. The zero-order valence-electron chi connectivity index (χ0n) is 11.9. The first-order valence-corrected chi connectivity index (χ1v) is 7.13. The summed E-state index contributed by atoms with van der Waals surface area (Å²) < 4.78 is 5.37. The number of benzene rings is 1. The molecular formula is C16H23NO2. The zero-order valence-corrected chi connectivity index (χ0v) is 11.9. The maximum Gasteiger partial charge on any atom is 0.176 e. The van der Waals surface area contributed by atoms with Crippen LogP contribution in [0.1, 0.15) is 36.5 Å². The lowest BCUT2D eigenvalue weighted by atomic mass is 9.85. The molecule has 0 aliphatic heterocycles. The van der Waals surface area contributed by atoms with Crippen LogP contribution in [0.3, 0.4) is 0 Å². The number of rotatable bonds is 7. The molecule has 1 aliphatic carbocycles. The maximum absolute atomic E-state index is 12.1. The molecule has 1 saturated carbocycles.